The molecule has 1 unspecified atom stereocenters. The number of piperidine rings is 1. The van der Waals surface area contributed by atoms with Gasteiger partial charge in [0.1, 0.15) is 0 Å². The van der Waals surface area contributed by atoms with Gasteiger partial charge >= 0.3 is 0 Å². The fourth-order valence-electron chi connectivity index (χ4n) is 2.46. The Morgan fingerprint density at radius 2 is 2.37 bits per heavy atom. The second kappa shape index (κ2) is 6.54. The van der Waals surface area contributed by atoms with Gasteiger partial charge in [0.15, 0.2) is 0 Å². The van der Waals surface area contributed by atoms with Crippen LogP contribution in [0.3, 0.4) is 0 Å². The highest BCUT2D eigenvalue weighted by Gasteiger charge is 2.20. The molecule has 1 aromatic carbocycles. The molecule has 1 saturated heterocycles. The molecule has 0 radical (unpaired) electrons. The maximum atomic E-state index is 11.9. The van der Waals surface area contributed by atoms with Gasteiger partial charge in [0.25, 0.3) is 0 Å². The average Bonchev–Trinajstić information content (AvgIpc) is 2.38. The number of likely N-dealkylation sites (tertiary alicyclic amines) is 1. The molecule has 2 rings (SSSR count). The standard InChI is InChI=1S/C14H21N3O2/c15-12-4-1-5-13(7-12)16-14(19)9-17-6-2-3-11(8-17)10-18/h1,4-5,7,11,18H,2-3,6,8-10,15H2,(H,16,19). The van der Waals surface area contributed by atoms with Crippen molar-refractivity contribution in [2.45, 2.75) is 12.8 Å². The zero-order valence-electron chi connectivity index (χ0n) is 11.0. The van der Waals surface area contributed by atoms with Gasteiger partial charge in [0.05, 0.1) is 6.54 Å². The number of rotatable bonds is 4. The van der Waals surface area contributed by atoms with Crippen LogP contribution in [0.1, 0.15) is 12.8 Å². The SMILES string of the molecule is Nc1cccc(NC(=O)CN2CCCC(CO)C2)c1. The van der Waals surface area contributed by atoms with Gasteiger partial charge in [-0.05, 0) is 43.5 Å². The molecule has 0 aromatic heterocycles. The third-order valence-electron chi connectivity index (χ3n) is 3.40. The Hall–Kier alpha value is -1.59. The molecule has 1 aromatic rings. The average molecular weight is 263 g/mol. The van der Waals surface area contributed by atoms with E-state index in [4.69, 9.17) is 10.8 Å². The number of amides is 1. The molecule has 104 valence electrons. The second-order valence-electron chi connectivity index (χ2n) is 5.10. The van der Waals surface area contributed by atoms with Crippen LogP contribution in [0.4, 0.5) is 11.4 Å². The number of aliphatic hydroxyl groups excluding tert-OH is 1. The third-order valence-corrected chi connectivity index (χ3v) is 3.40. The van der Waals surface area contributed by atoms with Crippen LogP contribution in [0.2, 0.25) is 0 Å². The minimum Gasteiger partial charge on any atom is -0.399 e. The highest BCUT2D eigenvalue weighted by molar-refractivity contribution is 5.92. The minimum atomic E-state index is -0.0378. The van der Waals surface area contributed by atoms with Gasteiger partial charge in [0.2, 0.25) is 5.91 Å². The molecule has 0 spiro atoms. The number of nitrogens with two attached hydrogens (primary N) is 1. The van der Waals surface area contributed by atoms with Crippen molar-refractivity contribution in [3.05, 3.63) is 24.3 Å². The fourth-order valence-corrected chi connectivity index (χ4v) is 2.46. The monoisotopic (exact) mass is 263 g/mol. The number of nitrogens with one attached hydrogen (secondary N) is 1. The van der Waals surface area contributed by atoms with Gasteiger partial charge in [-0.3, -0.25) is 9.69 Å². The third kappa shape index (κ3) is 4.22. The highest BCUT2D eigenvalue weighted by atomic mass is 16.3. The summed E-state index contributed by atoms with van der Waals surface area (Å²) >= 11 is 0. The summed E-state index contributed by atoms with van der Waals surface area (Å²) in [6.07, 6.45) is 2.08. The summed E-state index contributed by atoms with van der Waals surface area (Å²) in [5, 5.41) is 12.0. The van der Waals surface area contributed by atoms with E-state index in [2.05, 4.69) is 10.2 Å². The van der Waals surface area contributed by atoms with Gasteiger partial charge in [-0.2, -0.15) is 0 Å². The molecule has 1 fully saturated rings. The number of nitrogens with zero attached hydrogens (tertiary/aromatic N) is 1. The molecular weight excluding hydrogens is 242 g/mol. The highest BCUT2D eigenvalue weighted by Crippen LogP contribution is 2.16. The Bertz CT molecular complexity index is 436. The molecule has 1 amide bonds. The minimum absolute atomic E-state index is 0.0378. The van der Waals surface area contributed by atoms with E-state index in [0.717, 1.165) is 31.6 Å². The number of nitrogen functional groups attached to an aromatic ring is 1. The normalized spacial score (nSPS) is 20.2. The predicted octanol–water partition coefficient (Wildman–Crippen LogP) is 0.912. The van der Waals surface area contributed by atoms with E-state index in [9.17, 15) is 4.79 Å². The second-order valence-corrected chi connectivity index (χ2v) is 5.10. The summed E-state index contributed by atoms with van der Waals surface area (Å²) in [5.41, 5.74) is 7.02. The maximum absolute atomic E-state index is 11.9. The van der Waals surface area contributed by atoms with Crippen molar-refractivity contribution in [2.24, 2.45) is 5.92 Å². The van der Waals surface area contributed by atoms with Gasteiger partial charge in [-0.25, -0.2) is 0 Å². The first kappa shape index (κ1) is 13.8. The molecule has 0 saturated carbocycles. The van der Waals surface area contributed by atoms with Crippen molar-refractivity contribution >= 4 is 17.3 Å². The molecule has 1 heterocycles. The quantitative estimate of drug-likeness (QED) is 0.706. The Morgan fingerprint density at radius 1 is 1.53 bits per heavy atom. The smallest absolute Gasteiger partial charge is 0.238 e. The summed E-state index contributed by atoms with van der Waals surface area (Å²) in [4.78, 5) is 14.0. The molecule has 19 heavy (non-hydrogen) atoms. The molecule has 0 aliphatic carbocycles. The molecule has 4 N–H and O–H groups in total. The Labute approximate surface area is 113 Å². The number of benzene rings is 1. The summed E-state index contributed by atoms with van der Waals surface area (Å²) in [7, 11) is 0. The molecule has 0 bridgehead atoms. The number of hydrogen-bond acceptors (Lipinski definition) is 4. The van der Waals surface area contributed by atoms with Crippen LogP contribution in [0.5, 0.6) is 0 Å². The molecule has 1 aliphatic heterocycles. The lowest BCUT2D eigenvalue weighted by molar-refractivity contribution is -0.117. The van der Waals surface area contributed by atoms with Crippen molar-refractivity contribution in [1.29, 1.82) is 0 Å². The van der Waals surface area contributed by atoms with Crippen LogP contribution in [-0.2, 0) is 4.79 Å². The van der Waals surface area contributed by atoms with Crippen LogP contribution < -0.4 is 11.1 Å². The van der Waals surface area contributed by atoms with E-state index in [1.165, 1.54) is 0 Å². The number of hydrogen-bond donors (Lipinski definition) is 3. The zero-order chi connectivity index (χ0) is 13.7. The van der Waals surface area contributed by atoms with E-state index in [-0.39, 0.29) is 12.5 Å². The van der Waals surface area contributed by atoms with Crippen molar-refractivity contribution in [3.63, 3.8) is 0 Å². The lowest BCUT2D eigenvalue weighted by atomic mass is 9.99. The first-order valence-electron chi connectivity index (χ1n) is 6.66. The van der Waals surface area contributed by atoms with Gasteiger partial charge < -0.3 is 16.2 Å². The predicted molar refractivity (Wildman–Crippen MR) is 75.7 cm³/mol. The van der Waals surface area contributed by atoms with E-state index < -0.39 is 0 Å². The van der Waals surface area contributed by atoms with Gasteiger partial charge in [-0.15, -0.1) is 0 Å². The van der Waals surface area contributed by atoms with E-state index >= 15 is 0 Å². The van der Waals surface area contributed by atoms with Crippen molar-refractivity contribution in [3.8, 4) is 0 Å². The van der Waals surface area contributed by atoms with Crippen LogP contribution in [0.25, 0.3) is 0 Å². The zero-order valence-corrected chi connectivity index (χ0v) is 11.0. The van der Waals surface area contributed by atoms with E-state index in [1.807, 2.05) is 12.1 Å². The van der Waals surface area contributed by atoms with Crippen LogP contribution in [0.15, 0.2) is 24.3 Å². The Kier molecular flexibility index (Phi) is 4.76. The van der Waals surface area contributed by atoms with Crippen LogP contribution >= 0.6 is 0 Å². The lowest BCUT2D eigenvalue weighted by Gasteiger charge is -2.31. The number of anilines is 2. The van der Waals surface area contributed by atoms with E-state index in [1.54, 1.807) is 12.1 Å². The largest absolute Gasteiger partial charge is 0.399 e. The van der Waals surface area contributed by atoms with Crippen LogP contribution in [-0.4, -0.2) is 42.2 Å². The first-order valence-corrected chi connectivity index (χ1v) is 6.66. The number of carbonyl (C=O) groups excluding carboxylic acids is 1. The van der Waals surface area contributed by atoms with E-state index in [0.29, 0.717) is 18.2 Å². The lowest BCUT2D eigenvalue weighted by Crippen LogP contribution is -2.41. The van der Waals surface area contributed by atoms with Crippen molar-refractivity contribution in [2.75, 3.05) is 37.3 Å². The summed E-state index contributed by atoms with van der Waals surface area (Å²) in [6.45, 7) is 2.28. The molecule has 1 aliphatic rings. The van der Waals surface area contributed by atoms with Crippen molar-refractivity contribution < 1.29 is 9.90 Å². The summed E-state index contributed by atoms with van der Waals surface area (Å²) in [5.74, 6) is 0.262. The fraction of sp³-hybridized carbons (Fsp3) is 0.500. The van der Waals surface area contributed by atoms with Gasteiger partial charge in [0, 0.05) is 24.5 Å². The molecule has 5 heteroatoms. The summed E-state index contributed by atoms with van der Waals surface area (Å²) in [6, 6.07) is 7.16. The number of carbonyl (C=O) groups is 1. The molecule has 5 nitrogen and oxygen atoms in total. The first-order chi connectivity index (χ1) is 9.17. The molecular formula is C14H21N3O2. The van der Waals surface area contributed by atoms with Gasteiger partial charge in [-0.1, -0.05) is 6.07 Å². The van der Waals surface area contributed by atoms with Crippen LogP contribution in [0, 0.1) is 5.92 Å². The number of aliphatic hydroxyl groups is 1. The van der Waals surface area contributed by atoms with Crippen molar-refractivity contribution in [1.82, 2.24) is 4.90 Å². The maximum Gasteiger partial charge on any atom is 0.238 e. The summed E-state index contributed by atoms with van der Waals surface area (Å²) < 4.78 is 0. The molecule has 1 atom stereocenters. The topological polar surface area (TPSA) is 78.6 Å². The Morgan fingerprint density at radius 3 is 3.11 bits per heavy atom. The Balaban J connectivity index is 1.84.